The van der Waals surface area contributed by atoms with E-state index in [-0.39, 0.29) is 17.1 Å². The van der Waals surface area contributed by atoms with Gasteiger partial charge >= 0.3 is 0 Å². The fraction of sp³-hybridized carbons (Fsp3) is 0.0714. The van der Waals surface area contributed by atoms with Crippen molar-refractivity contribution in [3.05, 3.63) is 70.2 Å². The third kappa shape index (κ3) is 3.29. The van der Waals surface area contributed by atoms with Crippen molar-refractivity contribution in [2.24, 2.45) is 0 Å². The Hall–Kier alpha value is -1.94. The molecule has 0 aliphatic heterocycles. The Morgan fingerprint density at radius 1 is 1.16 bits per heavy atom. The minimum atomic E-state index is -0.592. The largest absolute Gasteiger partial charge is 0.348 e. The van der Waals surface area contributed by atoms with Gasteiger partial charge in [0.1, 0.15) is 11.6 Å². The van der Waals surface area contributed by atoms with E-state index < -0.39 is 17.5 Å². The van der Waals surface area contributed by atoms with E-state index in [1.54, 1.807) is 6.07 Å². The summed E-state index contributed by atoms with van der Waals surface area (Å²) in [6.07, 6.45) is 0. The molecule has 2 aromatic rings. The zero-order valence-electron chi connectivity index (χ0n) is 9.79. The summed E-state index contributed by atoms with van der Waals surface area (Å²) < 4.78 is 26.2. The molecule has 5 heteroatoms. The summed E-state index contributed by atoms with van der Waals surface area (Å²) in [5, 5.41) is 2.75. The van der Waals surface area contributed by atoms with Crippen molar-refractivity contribution in [3.63, 3.8) is 0 Å². The van der Waals surface area contributed by atoms with Crippen LogP contribution in [0.2, 0.25) is 5.02 Å². The molecule has 0 bridgehead atoms. The highest BCUT2D eigenvalue weighted by molar-refractivity contribution is 6.31. The molecule has 0 heterocycles. The van der Waals surface area contributed by atoms with Crippen LogP contribution in [0.3, 0.4) is 0 Å². The molecule has 1 N–H and O–H groups in total. The van der Waals surface area contributed by atoms with Gasteiger partial charge in [0.15, 0.2) is 0 Å². The van der Waals surface area contributed by atoms with Gasteiger partial charge in [-0.25, -0.2) is 8.78 Å². The molecule has 0 saturated heterocycles. The number of hydrogen-bond acceptors (Lipinski definition) is 1. The van der Waals surface area contributed by atoms with Crippen LogP contribution < -0.4 is 5.32 Å². The topological polar surface area (TPSA) is 29.1 Å². The smallest absolute Gasteiger partial charge is 0.254 e. The highest BCUT2D eigenvalue weighted by Crippen LogP contribution is 2.17. The zero-order chi connectivity index (χ0) is 13.8. The van der Waals surface area contributed by atoms with Crippen LogP contribution >= 0.6 is 11.6 Å². The number of nitrogens with one attached hydrogen (secondary N) is 1. The molecule has 1 amide bonds. The van der Waals surface area contributed by atoms with E-state index in [1.165, 1.54) is 30.3 Å². The standard InChI is InChI=1S/C14H10ClF2NO/c15-12-7-10(16)6-5-9(12)8-18-14(19)11-3-1-2-4-13(11)17/h1-7H,8H2,(H,18,19). The van der Waals surface area contributed by atoms with Crippen LogP contribution in [-0.2, 0) is 6.54 Å². The summed E-state index contributed by atoms with van der Waals surface area (Å²) in [6.45, 7) is 0.103. The van der Waals surface area contributed by atoms with Crippen molar-refractivity contribution < 1.29 is 13.6 Å². The predicted molar refractivity (Wildman–Crippen MR) is 69.0 cm³/mol. The van der Waals surface area contributed by atoms with E-state index in [1.807, 2.05) is 0 Å². The van der Waals surface area contributed by atoms with Crippen LogP contribution in [0.5, 0.6) is 0 Å². The van der Waals surface area contributed by atoms with Crippen LogP contribution in [0.25, 0.3) is 0 Å². The summed E-state index contributed by atoms with van der Waals surface area (Å²) in [4.78, 5) is 11.7. The third-order valence-corrected chi connectivity index (χ3v) is 2.92. The maximum absolute atomic E-state index is 13.4. The van der Waals surface area contributed by atoms with Gasteiger partial charge < -0.3 is 5.32 Å². The number of amides is 1. The quantitative estimate of drug-likeness (QED) is 0.916. The Balaban J connectivity index is 2.07. The van der Waals surface area contributed by atoms with Crippen molar-refractivity contribution >= 4 is 17.5 Å². The second kappa shape index (κ2) is 5.80. The first kappa shape index (κ1) is 13.5. The van der Waals surface area contributed by atoms with Crippen molar-refractivity contribution in [1.29, 1.82) is 0 Å². The average Bonchev–Trinajstić information content (AvgIpc) is 2.38. The van der Waals surface area contributed by atoms with Gasteiger partial charge in [0, 0.05) is 11.6 Å². The lowest BCUT2D eigenvalue weighted by Crippen LogP contribution is -2.23. The van der Waals surface area contributed by atoms with Gasteiger partial charge in [0.2, 0.25) is 0 Å². The first-order valence-electron chi connectivity index (χ1n) is 5.54. The van der Waals surface area contributed by atoms with E-state index in [9.17, 15) is 13.6 Å². The summed E-state index contributed by atoms with van der Waals surface area (Å²) in [5.74, 6) is -1.59. The molecule has 0 aliphatic rings. The first-order chi connectivity index (χ1) is 9.08. The summed E-state index contributed by atoms with van der Waals surface area (Å²) in [5.41, 5.74) is 0.522. The number of halogens is 3. The van der Waals surface area contributed by atoms with E-state index in [2.05, 4.69) is 5.32 Å². The van der Waals surface area contributed by atoms with Gasteiger partial charge in [-0.15, -0.1) is 0 Å². The molecule has 0 atom stereocenters. The van der Waals surface area contributed by atoms with E-state index in [4.69, 9.17) is 11.6 Å². The Morgan fingerprint density at radius 2 is 1.89 bits per heavy atom. The number of carbonyl (C=O) groups excluding carboxylic acids is 1. The Labute approximate surface area is 114 Å². The monoisotopic (exact) mass is 281 g/mol. The highest BCUT2D eigenvalue weighted by atomic mass is 35.5. The lowest BCUT2D eigenvalue weighted by Gasteiger charge is -2.07. The first-order valence-corrected chi connectivity index (χ1v) is 5.92. The van der Waals surface area contributed by atoms with Gasteiger partial charge in [-0.3, -0.25) is 4.79 Å². The van der Waals surface area contributed by atoms with Crippen LogP contribution in [0.1, 0.15) is 15.9 Å². The number of carbonyl (C=O) groups is 1. The second-order valence-corrected chi connectivity index (χ2v) is 4.31. The van der Waals surface area contributed by atoms with Gasteiger partial charge in [0.25, 0.3) is 5.91 Å². The van der Waals surface area contributed by atoms with Gasteiger partial charge in [0.05, 0.1) is 5.56 Å². The Kier molecular flexibility index (Phi) is 4.12. The molecule has 0 aliphatic carbocycles. The van der Waals surface area contributed by atoms with Crippen LogP contribution in [0.4, 0.5) is 8.78 Å². The Bertz CT molecular complexity index is 616. The molecule has 98 valence electrons. The molecule has 0 radical (unpaired) electrons. The van der Waals surface area contributed by atoms with Crippen LogP contribution in [0.15, 0.2) is 42.5 Å². The molecule has 2 nitrogen and oxygen atoms in total. The number of benzene rings is 2. The molecule has 2 rings (SSSR count). The van der Waals surface area contributed by atoms with Crippen molar-refractivity contribution in [3.8, 4) is 0 Å². The SMILES string of the molecule is O=C(NCc1ccc(F)cc1Cl)c1ccccc1F. The maximum Gasteiger partial charge on any atom is 0.254 e. The minimum absolute atomic E-state index is 0.0410. The van der Waals surface area contributed by atoms with Crippen molar-refractivity contribution in [2.75, 3.05) is 0 Å². The van der Waals surface area contributed by atoms with Gasteiger partial charge in [-0.2, -0.15) is 0 Å². The van der Waals surface area contributed by atoms with Gasteiger partial charge in [-0.1, -0.05) is 29.8 Å². The van der Waals surface area contributed by atoms with Crippen LogP contribution in [0, 0.1) is 11.6 Å². The summed E-state index contributed by atoms with van der Waals surface area (Å²) in [7, 11) is 0. The molecular formula is C14H10ClF2NO. The summed E-state index contributed by atoms with van der Waals surface area (Å²) in [6, 6.07) is 9.55. The fourth-order valence-electron chi connectivity index (χ4n) is 1.58. The van der Waals surface area contributed by atoms with Gasteiger partial charge in [-0.05, 0) is 29.8 Å². The molecular weight excluding hydrogens is 272 g/mol. The molecule has 0 fully saturated rings. The molecule has 0 saturated carbocycles. The minimum Gasteiger partial charge on any atom is -0.348 e. The third-order valence-electron chi connectivity index (χ3n) is 2.57. The highest BCUT2D eigenvalue weighted by Gasteiger charge is 2.11. The van der Waals surface area contributed by atoms with Crippen molar-refractivity contribution in [2.45, 2.75) is 6.54 Å². The number of rotatable bonds is 3. The lowest BCUT2D eigenvalue weighted by molar-refractivity contribution is 0.0947. The molecule has 0 spiro atoms. The zero-order valence-corrected chi connectivity index (χ0v) is 10.5. The maximum atomic E-state index is 13.4. The molecule has 0 aromatic heterocycles. The van der Waals surface area contributed by atoms with E-state index in [0.717, 1.165) is 6.07 Å². The van der Waals surface area contributed by atoms with Crippen molar-refractivity contribution in [1.82, 2.24) is 5.32 Å². The van der Waals surface area contributed by atoms with E-state index >= 15 is 0 Å². The molecule has 2 aromatic carbocycles. The van der Waals surface area contributed by atoms with E-state index in [0.29, 0.717) is 5.56 Å². The molecule has 0 unspecified atom stereocenters. The molecule has 19 heavy (non-hydrogen) atoms. The fourth-order valence-corrected chi connectivity index (χ4v) is 1.82. The normalized spacial score (nSPS) is 10.3. The lowest BCUT2D eigenvalue weighted by atomic mass is 10.2. The second-order valence-electron chi connectivity index (χ2n) is 3.90. The predicted octanol–water partition coefficient (Wildman–Crippen LogP) is 3.55. The van der Waals surface area contributed by atoms with Crippen LogP contribution in [-0.4, -0.2) is 5.91 Å². The average molecular weight is 282 g/mol. The Morgan fingerprint density at radius 3 is 2.58 bits per heavy atom. The number of hydrogen-bond donors (Lipinski definition) is 1. The summed E-state index contributed by atoms with van der Waals surface area (Å²) >= 11 is 5.82.